The minimum atomic E-state index is -3.77. The predicted molar refractivity (Wildman–Crippen MR) is 106 cm³/mol. The van der Waals surface area contributed by atoms with Crippen LogP contribution in [0.2, 0.25) is 0 Å². The fourth-order valence-corrected chi connectivity index (χ4v) is 4.46. The number of hydrogen-bond acceptors (Lipinski definition) is 5. The molecule has 0 unspecified atom stereocenters. The number of rotatable bonds is 6. The number of benzene rings is 2. The molecule has 0 aliphatic carbocycles. The van der Waals surface area contributed by atoms with E-state index in [0.29, 0.717) is 31.1 Å². The Morgan fingerprint density at radius 3 is 2.46 bits per heavy atom. The van der Waals surface area contributed by atoms with Crippen LogP contribution in [0.5, 0.6) is 5.75 Å². The highest BCUT2D eigenvalue weighted by atomic mass is 32.2. The maximum Gasteiger partial charge on any atom is 0.255 e. The highest BCUT2D eigenvalue weighted by Crippen LogP contribution is 2.30. The molecule has 1 heterocycles. The summed E-state index contributed by atoms with van der Waals surface area (Å²) in [6, 6.07) is 11.8. The second kappa shape index (κ2) is 8.72. The fraction of sp³-hybridized carbons (Fsp3) is 0.350. The van der Waals surface area contributed by atoms with Gasteiger partial charge in [0.05, 0.1) is 19.8 Å². The van der Waals surface area contributed by atoms with Gasteiger partial charge in [-0.25, -0.2) is 8.42 Å². The van der Waals surface area contributed by atoms with Gasteiger partial charge in [-0.3, -0.25) is 4.79 Å². The van der Waals surface area contributed by atoms with Gasteiger partial charge in [0.25, 0.3) is 5.91 Å². The summed E-state index contributed by atoms with van der Waals surface area (Å²) in [5, 5.41) is 2.76. The van der Waals surface area contributed by atoms with E-state index in [-0.39, 0.29) is 29.6 Å². The third kappa shape index (κ3) is 4.52. The molecule has 0 bridgehead atoms. The van der Waals surface area contributed by atoms with Crippen molar-refractivity contribution in [1.29, 1.82) is 0 Å². The van der Waals surface area contributed by atoms with Gasteiger partial charge in [0, 0.05) is 24.3 Å². The van der Waals surface area contributed by atoms with Gasteiger partial charge >= 0.3 is 0 Å². The van der Waals surface area contributed by atoms with E-state index in [0.717, 1.165) is 5.56 Å². The van der Waals surface area contributed by atoms with Gasteiger partial charge in [0.1, 0.15) is 10.6 Å². The Kier molecular flexibility index (Phi) is 6.33. The van der Waals surface area contributed by atoms with Crippen LogP contribution in [0.4, 0.5) is 5.69 Å². The van der Waals surface area contributed by atoms with Crippen molar-refractivity contribution in [2.45, 2.75) is 18.7 Å². The first-order valence-corrected chi connectivity index (χ1v) is 10.6. The lowest BCUT2D eigenvalue weighted by Crippen LogP contribution is -2.40. The van der Waals surface area contributed by atoms with E-state index >= 15 is 0 Å². The summed E-state index contributed by atoms with van der Waals surface area (Å²) in [5.41, 5.74) is 1.94. The molecule has 1 amide bonds. The zero-order valence-corrected chi connectivity index (χ0v) is 16.8. The molecule has 0 atom stereocenters. The molecule has 1 aliphatic rings. The summed E-state index contributed by atoms with van der Waals surface area (Å²) in [5.74, 6) is -0.0405. The Bertz CT molecular complexity index is 936. The van der Waals surface area contributed by atoms with E-state index in [9.17, 15) is 13.2 Å². The largest absolute Gasteiger partial charge is 0.492 e. The van der Waals surface area contributed by atoms with Gasteiger partial charge < -0.3 is 14.8 Å². The highest BCUT2D eigenvalue weighted by molar-refractivity contribution is 7.89. The van der Waals surface area contributed by atoms with Gasteiger partial charge in [-0.2, -0.15) is 4.31 Å². The number of nitrogens with zero attached hydrogens (tertiary/aromatic N) is 1. The van der Waals surface area contributed by atoms with Crippen LogP contribution in [-0.4, -0.2) is 51.5 Å². The Hall–Kier alpha value is -2.42. The van der Waals surface area contributed by atoms with Crippen molar-refractivity contribution in [1.82, 2.24) is 4.31 Å². The molecule has 0 aromatic heterocycles. The lowest BCUT2D eigenvalue weighted by atomic mass is 10.1. The van der Waals surface area contributed by atoms with Gasteiger partial charge in [0.2, 0.25) is 10.0 Å². The minimum Gasteiger partial charge on any atom is -0.492 e. The molecule has 1 fully saturated rings. The number of sulfonamides is 1. The summed E-state index contributed by atoms with van der Waals surface area (Å²) in [6.07, 6.45) is 0. The lowest BCUT2D eigenvalue weighted by Gasteiger charge is -2.27. The Morgan fingerprint density at radius 1 is 1.14 bits per heavy atom. The summed E-state index contributed by atoms with van der Waals surface area (Å²) in [7, 11) is -3.77. The first-order chi connectivity index (χ1) is 13.4. The smallest absolute Gasteiger partial charge is 0.255 e. The molecule has 8 heteroatoms. The van der Waals surface area contributed by atoms with Gasteiger partial charge in [-0.15, -0.1) is 0 Å². The third-order valence-corrected chi connectivity index (χ3v) is 6.32. The van der Waals surface area contributed by atoms with Crippen LogP contribution in [0.1, 0.15) is 22.8 Å². The second-order valence-electron chi connectivity index (χ2n) is 6.43. The summed E-state index contributed by atoms with van der Waals surface area (Å²) < 4.78 is 38.4. The fourth-order valence-electron chi connectivity index (χ4n) is 2.90. The van der Waals surface area contributed by atoms with Crippen LogP contribution in [0.25, 0.3) is 0 Å². The molecule has 0 spiro atoms. The SMILES string of the molecule is CCOc1ccc(NC(=O)c2ccc(C)cc2)cc1S(=O)(=O)N1CCOCC1. The topological polar surface area (TPSA) is 84.9 Å². The van der Waals surface area contributed by atoms with Crippen LogP contribution < -0.4 is 10.1 Å². The van der Waals surface area contributed by atoms with Crippen molar-refractivity contribution >= 4 is 21.6 Å². The molecule has 150 valence electrons. The van der Waals surface area contributed by atoms with Crippen LogP contribution >= 0.6 is 0 Å². The molecule has 2 aromatic rings. The number of hydrogen-bond donors (Lipinski definition) is 1. The summed E-state index contributed by atoms with van der Waals surface area (Å²) in [4.78, 5) is 12.5. The van der Waals surface area contributed by atoms with Crippen molar-refractivity contribution in [3.63, 3.8) is 0 Å². The van der Waals surface area contributed by atoms with Gasteiger partial charge in [0.15, 0.2) is 0 Å². The lowest BCUT2D eigenvalue weighted by molar-refractivity contribution is 0.0729. The number of morpholine rings is 1. The second-order valence-corrected chi connectivity index (χ2v) is 8.34. The zero-order chi connectivity index (χ0) is 20.1. The van der Waals surface area contributed by atoms with E-state index < -0.39 is 10.0 Å². The molecule has 28 heavy (non-hydrogen) atoms. The predicted octanol–water partition coefficient (Wildman–Crippen LogP) is 2.67. The number of carbonyl (C=O) groups is 1. The third-order valence-electron chi connectivity index (χ3n) is 4.40. The summed E-state index contributed by atoms with van der Waals surface area (Å²) >= 11 is 0. The first kappa shape index (κ1) is 20.3. The van der Waals surface area contributed by atoms with Gasteiger partial charge in [-0.1, -0.05) is 17.7 Å². The number of carbonyl (C=O) groups excluding carboxylic acids is 1. The molecule has 1 N–H and O–H groups in total. The number of aryl methyl sites for hydroxylation is 1. The molecular formula is C20H24N2O5S. The monoisotopic (exact) mass is 404 g/mol. The maximum atomic E-state index is 13.1. The van der Waals surface area contributed by atoms with E-state index in [1.807, 2.05) is 19.1 Å². The number of anilines is 1. The van der Waals surface area contributed by atoms with Crippen molar-refractivity contribution in [2.75, 3.05) is 38.2 Å². The van der Waals surface area contributed by atoms with E-state index in [4.69, 9.17) is 9.47 Å². The molecule has 3 rings (SSSR count). The van der Waals surface area contributed by atoms with Crippen molar-refractivity contribution in [2.24, 2.45) is 0 Å². The Morgan fingerprint density at radius 2 is 1.82 bits per heavy atom. The molecular weight excluding hydrogens is 380 g/mol. The first-order valence-electron chi connectivity index (χ1n) is 9.14. The van der Waals surface area contributed by atoms with E-state index in [1.54, 1.807) is 31.2 Å². The van der Waals surface area contributed by atoms with Crippen LogP contribution in [-0.2, 0) is 14.8 Å². The Balaban J connectivity index is 1.90. The average Bonchev–Trinajstić information content (AvgIpc) is 2.70. The zero-order valence-electron chi connectivity index (χ0n) is 16.0. The number of amides is 1. The molecule has 1 saturated heterocycles. The van der Waals surface area contributed by atoms with Crippen LogP contribution in [0.15, 0.2) is 47.4 Å². The molecule has 0 saturated carbocycles. The summed E-state index contributed by atoms with van der Waals surface area (Å²) in [6.45, 7) is 5.34. The van der Waals surface area contributed by atoms with Crippen LogP contribution in [0.3, 0.4) is 0 Å². The highest BCUT2D eigenvalue weighted by Gasteiger charge is 2.29. The molecule has 2 aromatic carbocycles. The number of nitrogens with one attached hydrogen (secondary N) is 1. The minimum absolute atomic E-state index is 0.0398. The van der Waals surface area contributed by atoms with E-state index in [1.165, 1.54) is 10.4 Å². The van der Waals surface area contributed by atoms with Crippen LogP contribution in [0, 0.1) is 6.92 Å². The Labute approximate surface area is 165 Å². The molecule has 0 radical (unpaired) electrons. The van der Waals surface area contributed by atoms with Crippen molar-refractivity contribution < 1.29 is 22.7 Å². The van der Waals surface area contributed by atoms with Gasteiger partial charge in [-0.05, 0) is 44.2 Å². The van der Waals surface area contributed by atoms with Crippen molar-refractivity contribution in [3.05, 3.63) is 53.6 Å². The normalized spacial score (nSPS) is 15.2. The molecule has 1 aliphatic heterocycles. The quantitative estimate of drug-likeness (QED) is 0.800. The van der Waals surface area contributed by atoms with Crippen molar-refractivity contribution in [3.8, 4) is 5.75 Å². The molecule has 7 nitrogen and oxygen atoms in total. The van der Waals surface area contributed by atoms with E-state index in [2.05, 4.69) is 5.32 Å². The standard InChI is InChI=1S/C20H24N2O5S/c1-3-27-18-9-8-17(21-20(23)16-6-4-15(2)5-7-16)14-19(18)28(24,25)22-10-12-26-13-11-22/h4-9,14H,3,10-13H2,1-2H3,(H,21,23). The number of ether oxygens (including phenoxy) is 2. The average molecular weight is 404 g/mol. The maximum absolute atomic E-state index is 13.1.